The zero-order valence-electron chi connectivity index (χ0n) is 8.79. The molecule has 19 heavy (non-hydrogen) atoms. The Kier molecular flexibility index (Phi) is 4.91. The third-order valence-electron chi connectivity index (χ3n) is 2.26. The Morgan fingerprint density at radius 3 is 1.74 bits per heavy atom. The Morgan fingerprint density at radius 1 is 0.895 bits per heavy atom. The molecular formula is C10H5Cl3F6. The van der Waals surface area contributed by atoms with E-state index in [0.717, 1.165) is 18.2 Å². The molecule has 0 aliphatic carbocycles. The Hall–Kier alpha value is -0.330. The van der Waals surface area contributed by atoms with Crippen molar-refractivity contribution in [1.82, 2.24) is 0 Å². The highest BCUT2D eigenvalue weighted by Gasteiger charge is 2.60. The first-order chi connectivity index (χ1) is 8.44. The summed E-state index contributed by atoms with van der Waals surface area (Å²) >= 11 is 16.4. The standard InChI is InChI=1S/C10H5Cl3F6/c11-4-1-2-5(6(12)3-4)7(13)8(9(14,15)16)10(17,18)19/h1-3,7-8H. The van der Waals surface area contributed by atoms with E-state index in [1.54, 1.807) is 0 Å². The van der Waals surface area contributed by atoms with Gasteiger partial charge < -0.3 is 0 Å². The summed E-state index contributed by atoms with van der Waals surface area (Å²) < 4.78 is 74.9. The fraction of sp³-hybridized carbons (Fsp3) is 0.400. The molecule has 0 radical (unpaired) electrons. The van der Waals surface area contributed by atoms with Crippen molar-refractivity contribution in [3.8, 4) is 0 Å². The van der Waals surface area contributed by atoms with Crippen molar-refractivity contribution in [2.45, 2.75) is 17.7 Å². The van der Waals surface area contributed by atoms with Crippen molar-refractivity contribution in [2.24, 2.45) is 5.92 Å². The summed E-state index contributed by atoms with van der Waals surface area (Å²) in [6, 6.07) is 3.08. The topological polar surface area (TPSA) is 0 Å². The van der Waals surface area contributed by atoms with E-state index >= 15 is 0 Å². The normalized spacial score (nSPS) is 14.8. The van der Waals surface area contributed by atoms with Crippen LogP contribution in [0.5, 0.6) is 0 Å². The average Bonchev–Trinajstić information content (AvgIpc) is 2.11. The molecule has 0 heterocycles. The quantitative estimate of drug-likeness (QED) is 0.454. The van der Waals surface area contributed by atoms with Crippen LogP contribution in [0.3, 0.4) is 0 Å². The average molecular weight is 345 g/mol. The van der Waals surface area contributed by atoms with Gasteiger partial charge in [0.05, 0.1) is 5.38 Å². The van der Waals surface area contributed by atoms with Gasteiger partial charge in [0.15, 0.2) is 5.92 Å². The van der Waals surface area contributed by atoms with E-state index in [9.17, 15) is 26.3 Å². The van der Waals surface area contributed by atoms with E-state index < -0.39 is 29.2 Å². The Labute approximate surface area is 119 Å². The van der Waals surface area contributed by atoms with Crippen molar-refractivity contribution in [2.75, 3.05) is 0 Å². The number of halogens is 9. The summed E-state index contributed by atoms with van der Waals surface area (Å²) in [6.07, 6.45) is -11.1. The van der Waals surface area contributed by atoms with Crippen LogP contribution in [0.1, 0.15) is 10.9 Å². The molecule has 1 unspecified atom stereocenters. The smallest absolute Gasteiger partial charge is 0.170 e. The summed E-state index contributed by atoms with van der Waals surface area (Å²) in [6.45, 7) is 0. The van der Waals surface area contributed by atoms with Gasteiger partial charge in [-0.3, -0.25) is 0 Å². The van der Waals surface area contributed by atoms with Gasteiger partial charge in [0.25, 0.3) is 0 Å². The van der Waals surface area contributed by atoms with Crippen LogP contribution in [0.15, 0.2) is 18.2 Å². The van der Waals surface area contributed by atoms with Crippen LogP contribution in [0.25, 0.3) is 0 Å². The molecule has 0 spiro atoms. The van der Waals surface area contributed by atoms with E-state index in [2.05, 4.69) is 0 Å². The molecule has 0 aliphatic rings. The maximum atomic E-state index is 12.5. The molecule has 0 fully saturated rings. The zero-order chi connectivity index (χ0) is 15.0. The highest BCUT2D eigenvalue weighted by Crippen LogP contribution is 2.50. The van der Waals surface area contributed by atoms with E-state index in [-0.39, 0.29) is 10.0 Å². The van der Waals surface area contributed by atoms with Gasteiger partial charge in [0.1, 0.15) is 0 Å². The zero-order valence-corrected chi connectivity index (χ0v) is 11.1. The van der Waals surface area contributed by atoms with Crippen molar-refractivity contribution in [3.63, 3.8) is 0 Å². The van der Waals surface area contributed by atoms with Crippen molar-refractivity contribution >= 4 is 34.8 Å². The van der Waals surface area contributed by atoms with Crippen LogP contribution in [0, 0.1) is 5.92 Å². The van der Waals surface area contributed by atoms with E-state index in [0.29, 0.717) is 0 Å². The summed E-state index contributed by atoms with van der Waals surface area (Å²) in [7, 11) is 0. The summed E-state index contributed by atoms with van der Waals surface area (Å²) in [4.78, 5) is 0. The Morgan fingerprint density at radius 2 is 1.37 bits per heavy atom. The second kappa shape index (κ2) is 5.58. The predicted octanol–water partition coefficient (Wildman–Crippen LogP) is 6.01. The molecule has 0 aliphatic heterocycles. The van der Waals surface area contributed by atoms with Gasteiger partial charge in [-0.05, 0) is 17.7 Å². The minimum atomic E-state index is -5.53. The van der Waals surface area contributed by atoms with E-state index in [1.165, 1.54) is 0 Å². The molecule has 1 atom stereocenters. The van der Waals surface area contributed by atoms with E-state index in [4.69, 9.17) is 34.8 Å². The summed E-state index contributed by atoms with van der Waals surface area (Å²) in [5, 5.41) is -2.66. The molecular weight excluding hydrogens is 340 g/mol. The van der Waals surface area contributed by atoms with E-state index in [1.807, 2.05) is 0 Å². The molecule has 1 rings (SSSR count). The van der Waals surface area contributed by atoms with Crippen molar-refractivity contribution in [3.05, 3.63) is 33.8 Å². The van der Waals surface area contributed by atoms with Crippen LogP contribution in [-0.4, -0.2) is 12.4 Å². The number of benzene rings is 1. The molecule has 0 amide bonds. The van der Waals surface area contributed by atoms with Crippen LogP contribution in [0.4, 0.5) is 26.3 Å². The van der Waals surface area contributed by atoms with Crippen LogP contribution >= 0.6 is 34.8 Å². The molecule has 0 aromatic heterocycles. The van der Waals surface area contributed by atoms with Crippen LogP contribution < -0.4 is 0 Å². The lowest BCUT2D eigenvalue weighted by molar-refractivity contribution is -0.284. The molecule has 108 valence electrons. The van der Waals surface area contributed by atoms with Gasteiger partial charge >= 0.3 is 12.4 Å². The predicted molar refractivity (Wildman–Crippen MR) is 60.7 cm³/mol. The lowest BCUT2D eigenvalue weighted by atomic mass is 9.97. The van der Waals surface area contributed by atoms with Crippen LogP contribution in [0.2, 0.25) is 10.0 Å². The largest absolute Gasteiger partial charge is 0.402 e. The molecule has 0 bridgehead atoms. The lowest BCUT2D eigenvalue weighted by Crippen LogP contribution is -2.39. The maximum absolute atomic E-state index is 12.5. The highest BCUT2D eigenvalue weighted by molar-refractivity contribution is 6.35. The Bertz CT molecular complexity index is 440. The van der Waals surface area contributed by atoms with Gasteiger partial charge in [-0.2, -0.15) is 26.3 Å². The number of hydrogen-bond donors (Lipinski definition) is 0. The SMILES string of the molecule is FC(F)(F)C(C(Cl)c1ccc(Cl)cc1Cl)C(F)(F)F. The second-order valence-corrected chi connectivity index (χ2v) is 4.94. The van der Waals surface area contributed by atoms with Gasteiger partial charge in [0, 0.05) is 10.0 Å². The number of hydrogen-bond acceptors (Lipinski definition) is 0. The van der Waals surface area contributed by atoms with Crippen molar-refractivity contribution in [1.29, 1.82) is 0 Å². The molecule has 9 heteroatoms. The number of rotatable bonds is 2. The molecule has 0 saturated carbocycles. The first kappa shape index (κ1) is 16.7. The van der Waals surface area contributed by atoms with Gasteiger partial charge in [-0.15, -0.1) is 11.6 Å². The lowest BCUT2D eigenvalue weighted by Gasteiger charge is -2.27. The third-order valence-corrected chi connectivity index (χ3v) is 3.31. The molecule has 0 saturated heterocycles. The molecule has 0 N–H and O–H groups in total. The molecule has 1 aromatic rings. The second-order valence-electron chi connectivity index (χ2n) is 3.63. The van der Waals surface area contributed by atoms with Gasteiger partial charge in [0.2, 0.25) is 0 Å². The van der Waals surface area contributed by atoms with Crippen molar-refractivity contribution < 1.29 is 26.3 Å². The van der Waals surface area contributed by atoms with Crippen LogP contribution in [-0.2, 0) is 0 Å². The fourth-order valence-electron chi connectivity index (χ4n) is 1.42. The maximum Gasteiger partial charge on any atom is 0.402 e. The number of alkyl halides is 7. The Balaban J connectivity index is 3.24. The minimum Gasteiger partial charge on any atom is -0.170 e. The molecule has 0 nitrogen and oxygen atoms in total. The first-order valence-corrected chi connectivity index (χ1v) is 5.86. The summed E-state index contributed by atoms with van der Waals surface area (Å²) in [5.74, 6) is -3.71. The first-order valence-electron chi connectivity index (χ1n) is 4.67. The molecule has 1 aromatic carbocycles. The third kappa shape index (κ3) is 4.07. The summed E-state index contributed by atoms with van der Waals surface area (Å²) in [5.41, 5.74) is -0.479. The van der Waals surface area contributed by atoms with Gasteiger partial charge in [-0.25, -0.2) is 0 Å². The minimum absolute atomic E-state index is 0.0770. The monoisotopic (exact) mass is 344 g/mol. The van der Waals surface area contributed by atoms with Gasteiger partial charge in [-0.1, -0.05) is 29.3 Å². The highest BCUT2D eigenvalue weighted by atomic mass is 35.5. The fourth-order valence-corrected chi connectivity index (χ4v) is 2.48.